The first-order chi connectivity index (χ1) is 9.03. The fraction of sp³-hybridized carbons (Fsp3) is 0.0769. The maximum Gasteiger partial charge on any atom is 0.261 e. The third-order valence-electron chi connectivity index (χ3n) is 2.59. The normalized spacial score (nSPS) is 11.3. The van der Waals surface area contributed by atoms with Crippen molar-refractivity contribution in [2.24, 2.45) is 5.73 Å². The molecule has 0 aliphatic heterocycles. The Hall–Kier alpha value is -1.56. The Bertz CT molecular complexity index is 687. The van der Waals surface area contributed by atoms with Gasteiger partial charge in [-0.2, -0.15) is 0 Å². The van der Waals surface area contributed by atoms with Gasteiger partial charge in [0, 0.05) is 11.6 Å². The molecule has 0 aliphatic rings. The van der Waals surface area contributed by atoms with E-state index in [2.05, 4.69) is 4.72 Å². The third-order valence-corrected chi connectivity index (χ3v) is 4.19. The van der Waals surface area contributed by atoms with Crippen LogP contribution in [-0.2, 0) is 16.6 Å². The molecule has 0 atom stereocenters. The predicted molar refractivity (Wildman–Crippen MR) is 76.6 cm³/mol. The van der Waals surface area contributed by atoms with Gasteiger partial charge in [0.05, 0.1) is 10.6 Å². The Labute approximate surface area is 117 Å². The van der Waals surface area contributed by atoms with E-state index in [1.807, 2.05) is 0 Å². The molecule has 100 valence electrons. The van der Waals surface area contributed by atoms with Gasteiger partial charge in [-0.25, -0.2) is 8.42 Å². The Balaban J connectivity index is 2.37. The highest BCUT2D eigenvalue weighted by atomic mass is 35.5. The van der Waals surface area contributed by atoms with Crippen molar-refractivity contribution >= 4 is 27.3 Å². The highest BCUT2D eigenvalue weighted by molar-refractivity contribution is 7.92. The van der Waals surface area contributed by atoms with E-state index in [1.54, 1.807) is 36.4 Å². The number of hydrogen-bond acceptors (Lipinski definition) is 3. The Morgan fingerprint density at radius 3 is 2.53 bits per heavy atom. The summed E-state index contributed by atoms with van der Waals surface area (Å²) >= 11 is 5.80. The maximum atomic E-state index is 12.2. The van der Waals surface area contributed by atoms with Crippen molar-refractivity contribution in [1.29, 1.82) is 0 Å². The molecule has 0 unspecified atom stereocenters. The molecule has 4 nitrogen and oxygen atoms in total. The maximum absolute atomic E-state index is 12.2. The zero-order valence-corrected chi connectivity index (χ0v) is 11.6. The molecular weight excluding hydrogens is 284 g/mol. The Morgan fingerprint density at radius 2 is 1.84 bits per heavy atom. The lowest BCUT2D eigenvalue weighted by atomic mass is 10.2. The van der Waals surface area contributed by atoms with E-state index < -0.39 is 10.0 Å². The molecule has 2 aromatic carbocycles. The number of benzene rings is 2. The van der Waals surface area contributed by atoms with Crippen molar-refractivity contribution in [1.82, 2.24) is 0 Å². The summed E-state index contributed by atoms with van der Waals surface area (Å²) in [7, 11) is -3.66. The van der Waals surface area contributed by atoms with Crippen molar-refractivity contribution in [2.45, 2.75) is 11.4 Å². The van der Waals surface area contributed by atoms with Gasteiger partial charge in [-0.1, -0.05) is 35.9 Å². The number of rotatable bonds is 4. The lowest BCUT2D eigenvalue weighted by Gasteiger charge is -2.11. The first-order valence-corrected chi connectivity index (χ1v) is 7.45. The van der Waals surface area contributed by atoms with E-state index in [9.17, 15) is 8.42 Å². The minimum absolute atomic E-state index is 0.117. The van der Waals surface area contributed by atoms with E-state index >= 15 is 0 Å². The molecule has 6 heteroatoms. The predicted octanol–water partition coefficient (Wildman–Crippen LogP) is 2.60. The van der Waals surface area contributed by atoms with E-state index in [0.717, 1.165) is 5.56 Å². The number of para-hydroxylation sites is 1. The SMILES string of the molecule is NCc1ccccc1NS(=O)(=O)c1cccc(Cl)c1. The fourth-order valence-electron chi connectivity index (χ4n) is 1.64. The smallest absolute Gasteiger partial charge is 0.261 e. The summed E-state index contributed by atoms with van der Waals surface area (Å²) in [5, 5.41) is 0.370. The molecule has 0 saturated heterocycles. The first kappa shape index (κ1) is 13.9. The molecule has 0 bridgehead atoms. The number of nitrogens with two attached hydrogens (primary N) is 1. The summed E-state index contributed by atoms with van der Waals surface area (Å²) in [6.45, 7) is 0.258. The number of anilines is 1. The number of hydrogen-bond donors (Lipinski definition) is 2. The van der Waals surface area contributed by atoms with Crippen LogP contribution in [0.4, 0.5) is 5.69 Å². The summed E-state index contributed by atoms with van der Waals surface area (Å²) in [4.78, 5) is 0.117. The molecule has 0 aliphatic carbocycles. The molecule has 0 heterocycles. The second-order valence-electron chi connectivity index (χ2n) is 3.92. The van der Waals surface area contributed by atoms with E-state index in [1.165, 1.54) is 12.1 Å². The van der Waals surface area contributed by atoms with Crippen molar-refractivity contribution in [3.63, 3.8) is 0 Å². The molecular formula is C13H13ClN2O2S. The standard InChI is InChI=1S/C13H13ClN2O2S/c14-11-5-3-6-12(8-11)19(17,18)16-13-7-2-1-4-10(13)9-15/h1-8,16H,9,15H2. The van der Waals surface area contributed by atoms with E-state index in [-0.39, 0.29) is 11.4 Å². The van der Waals surface area contributed by atoms with Crippen LogP contribution in [0.2, 0.25) is 5.02 Å². The lowest BCUT2D eigenvalue weighted by Crippen LogP contribution is -2.15. The average molecular weight is 297 g/mol. The largest absolute Gasteiger partial charge is 0.326 e. The van der Waals surface area contributed by atoms with Crippen LogP contribution in [0, 0.1) is 0 Å². The number of nitrogens with one attached hydrogen (secondary N) is 1. The lowest BCUT2D eigenvalue weighted by molar-refractivity contribution is 0.601. The molecule has 0 spiro atoms. The van der Waals surface area contributed by atoms with Crippen LogP contribution in [0.15, 0.2) is 53.4 Å². The van der Waals surface area contributed by atoms with Gasteiger partial charge in [0.2, 0.25) is 0 Å². The summed E-state index contributed by atoms with van der Waals surface area (Å²) in [5.41, 5.74) is 6.78. The summed E-state index contributed by atoms with van der Waals surface area (Å²) in [6.07, 6.45) is 0. The van der Waals surface area contributed by atoms with Gasteiger partial charge in [0.25, 0.3) is 10.0 Å². The van der Waals surface area contributed by atoms with Gasteiger partial charge >= 0.3 is 0 Å². The highest BCUT2D eigenvalue weighted by Crippen LogP contribution is 2.21. The molecule has 19 heavy (non-hydrogen) atoms. The van der Waals surface area contributed by atoms with Crippen LogP contribution in [0.25, 0.3) is 0 Å². The second kappa shape index (κ2) is 5.61. The fourth-order valence-corrected chi connectivity index (χ4v) is 3.04. The molecule has 3 N–H and O–H groups in total. The molecule has 0 fully saturated rings. The zero-order valence-electron chi connectivity index (χ0n) is 10.0. The first-order valence-electron chi connectivity index (χ1n) is 5.59. The highest BCUT2D eigenvalue weighted by Gasteiger charge is 2.15. The second-order valence-corrected chi connectivity index (χ2v) is 6.04. The molecule has 0 aromatic heterocycles. The Morgan fingerprint density at radius 1 is 1.11 bits per heavy atom. The summed E-state index contributed by atoms with van der Waals surface area (Å²) in [6, 6.07) is 13.1. The molecule has 2 aromatic rings. The average Bonchev–Trinajstić information content (AvgIpc) is 2.39. The van der Waals surface area contributed by atoms with Crippen molar-refractivity contribution in [2.75, 3.05) is 4.72 Å². The van der Waals surface area contributed by atoms with Crippen molar-refractivity contribution < 1.29 is 8.42 Å². The van der Waals surface area contributed by atoms with Crippen LogP contribution in [0.3, 0.4) is 0 Å². The van der Waals surface area contributed by atoms with Gasteiger partial charge in [0.15, 0.2) is 0 Å². The van der Waals surface area contributed by atoms with Crippen LogP contribution in [0.5, 0.6) is 0 Å². The van der Waals surface area contributed by atoms with Crippen LogP contribution in [0.1, 0.15) is 5.56 Å². The Kier molecular flexibility index (Phi) is 4.09. The molecule has 0 amide bonds. The number of halogens is 1. The third kappa shape index (κ3) is 3.26. The topological polar surface area (TPSA) is 72.2 Å². The molecule has 0 saturated carbocycles. The van der Waals surface area contributed by atoms with Crippen LogP contribution in [-0.4, -0.2) is 8.42 Å². The zero-order chi connectivity index (χ0) is 13.9. The van der Waals surface area contributed by atoms with Gasteiger partial charge in [0.1, 0.15) is 0 Å². The van der Waals surface area contributed by atoms with Gasteiger partial charge < -0.3 is 5.73 Å². The van der Waals surface area contributed by atoms with E-state index in [4.69, 9.17) is 17.3 Å². The van der Waals surface area contributed by atoms with Crippen LogP contribution >= 0.6 is 11.6 Å². The summed E-state index contributed by atoms with van der Waals surface area (Å²) < 4.78 is 26.9. The minimum atomic E-state index is -3.66. The van der Waals surface area contributed by atoms with Gasteiger partial charge in [-0.15, -0.1) is 0 Å². The molecule has 2 rings (SSSR count). The summed E-state index contributed by atoms with van der Waals surface area (Å²) in [5.74, 6) is 0. The van der Waals surface area contributed by atoms with Gasteiger partial charge in [-0.3, -0.25) is 4.72 Å². The minimum Gasteiger partial charge on any atom is -0.326 e. The van der Waals surface area contributed by atoms with Crippen molar-refractivity contribution in [3.05, 3.63) is 59.1 Å². The molecule has 0 radical (unpaired) electrons. The van der Waals surface area contributed by atoms with Gasteiger partial charge in [-0.05, 0) is 29.8 Å². The quantitative estimate of drug-likeness (QED) is 0.911. The van der Waals surface area contributed by atoms with Crippen LogP contribution < -0.4 is 10.5 Å². The van der Waals surface area contributed by atoms with E-state index in [0.29, 0.717) is 10.7 Å². The van der Waals surface area contributed by atoms with Crippen molar-refractivity contribution in [3.8, 4) is 0 Å². The monoisotopic (exact) mass is 296 g/mol. The number of sulfonamides is 1.